The van der Waals surface area contributed by atoms with Crippen LogP contribution >= 0.6 is 0 Å². The zero-order chi connectivity index (χ0) is 19.2. The normalized spacial score (nSPS) is 12.8. The number of carboxylic acids is 2. The van der Waals surface area contributed by atoms with Gasteiger partial charge in [-0.15, -0.1) is 0 Å². The minimum absolute atomic E-state index is 0.00877. The molecule has 0 bridgehead atoms. The van der Waals surface area contributed by atoms with Crippen LogP contribution in [0.4, 0.5) is 0 Å². The van der Waals surface area contributed by atoms with Gasteiger partial charge in [-0.1, -0.05) is 42.5 Å². The Morgan fingerprint density at radius 2 is 1.62 bits per heavy atom. The molecule has 0 amide bonds. The first-order valence-corrected chi connectivity index (χ1v) is 9.06. The summed E-state index contributed by atoms with van der Waals surface area (Å²) in [7, 11) is -4.04. The molecule has 0 spiro atoms. The highest BCUT2D eigenvalue weighted by Gasteiger charge is 2.25. The molecule has 0 aliphatic rings. The molecule has 0 aliphatic carbocycles. The SMILES string of the molecule is O=C(O)/C=C/c1ccc(S(=O)(=O)N[C@@H](Cc2ccccc2)C(=O)O)cc1. The maximum atomic E-state index is 12.4. The van der Waals surface area contributed by atoms with Gasteiger partial charge in [-0.25, -0.2) is 13.2 Å². The fourth-order valence-electron chi connectivity index (χ4n) is 2.21. The van der Waals surface area contributed by atoms with E-state index in [4.69, 9.17) is 5.11 Å². The summed E-state index contributed by atoms with van der Waals surface area (Å²) in [5.74, 6) is -2.40. The molecule has 0 saturated carbocycles. The zero-order valence-electron chi connectivity index (χ0n) is 13.6. The highest BCUT2D eigenvalue weighted by atomic mass is 32.2. The van der Waals surface area contributed by atoms with Gasteiger partial charge in [-0.3, -0.25) is 4.79 Å². The monoisotopic (exact) mass is 375 g/mol. The Balaban J connectivity index is 2.17. The summed E-state index contributed by atoms with van der Waals surface area (Å²) in [5.41, 5.74) is 1.20. The fraction of sp³-hybridized carbons (Fsp3) is 0.111. The van der Waals surface area contributed by atoms with Gasteiger partial charge in [0.15, 0.2) is 0 Å². The van der Waals surface area contributed by atoms with Crippen molar-refractivity contribution in [3.8, 4) is 0 Å². The molecular weight excluding hydrogens is 358 g/mol. The molecular formula is C18H17NO6S. The van der Waals surface area contributed by atoms with Crippen molar-refractivity contribution < 1.29 is 28.2 Å². The second-order valence-corrected chi connectivity index (χ2v) is 7.16. The van der Waals surface area contributed by atoms with Gasteiger partial charge in [0.05, 0.1) is 4.90 Å². The van der Waals surface area contributed by atoms with Crippen LogP contribution in [0.1, 0.15) is 11.1 Å². The number of carboxylic acid groups (broad SMARTS) is 2. The van der Waals surface area contributed by atoms with E-state index < -0.39 is 28.0 Å². The van der Waals surface area contributed by atoms with E-state index in [-0.39, 0.29) is 11.3 Å². The average Bonchev–Trinajstić information content (AvgIpc) is 2.60. The van der Waals surface area contributed by atoms with Crippen molar-refractivity contribution in [3.63, 3.8) is 0 Å². The lowest BCUT2D eigenvalue weighted by Crippen LogP contribution is -2.42. The van der Waals surface area contributed by atoms with Crippen molar-refractivity contribution in [1.29, 1.82) is 0 Å². The summed E-state index contributed by atoms with van der Waals surface area (Å²) in [6.45, 7) is 0. The topological polar surface area (TPSA) is 121 Å². The third kappa shape index (κ3) is 5.54. The molecule has 1 atom stereocenters. The van der Waals surface area contributed by atoms with Crippen LogP contribution in [0.15, 0.2) is 65.6 Å². The Bertz CT molecular complexity index is 904. The molecule has 8 heteroatoms. The summed E-state index contributed by atoms with van der Waals surface area (Å²) in [6.07, 6.45) is 2.26. The predicted octanol–water partition coefficient (Wildman–Crippen LogP) is 1.76. The van der Waals surface area contributed by atoms with Crippen LogP contribution in [0.2, 0.25) is 0 Å². The van der Waals surface area contributed by atoms with Crippen LogP contribution < -0.4 is 4.72 Å². The summed E-state index contributed by atoms with van der Waals surface area (Å²) in [5, 5.41) is 17.9. The van der Waals surface area contributed by atoms with Crippen molar-refractivity contribution in [2.75, 3.05) is 0 Å². The number of carbonyl (C=O) groups is 2. The smallest absolute Gasteiger partial charge is 0.328 e. The molecule has 0 heterocycles. The summed E-state index contributed by atoms with van der Waals surface area (Å²) >= 11 is 0. The molecule has 136 valence electrons. The van der Waals surface area contributed by atoms with E-state index in [0.717, 1.165) is 6.08 Å². The van der Waals surface area contributed by atoms with E-state index in [9.17, 15) is 23.1 Å². The van der Waals surface area contributed by atoms with Crippen LogP contribution in [0.5, 0.6) is 0 Å². The van der Waals surface area contributed by atoms with Crippen LogP contribution in [0.3, 0.4) is 0 Å². The Morgan fingerprint density at radius 1 is 1.00 bits per heavy atom. The lowest BCUT2D eigenvalue weighted by molar-refractivity contribution is -0.139. The largest absolute Gasteiger partial charge is 0.480 e. The summed E-state index contributed by atoms with van der Waals surface area (Å²) in [4.78, 5) is 21.8. The van der Waals surface area contributed by atoms with Gasteiger partial charge in [-0.2, -0.15) is 4.72 Å². The molecule has 0 radical (unpaired) electrons. The van der Waals surface area contributed by atoms with E-state index in [1.807, 2.05) is 0 Å². The number of rotatable bonds is 8. The molecule has 7 nitrogen and oxygen atoms in total. The van der Waals surface area contributed by atoms with Crippen LogP contribution in [0, 0.1) is 0 Å². The van der Waals surface area contributed by atoms with Gasteiger partial charge in [-0.05, 0) is 35.8 Å². The fourth-order valence-corrected chi connectivity index (χ4v) is 3.40. The quantitative estimate of drug-likeness (QED) is 0.605. The Labute approximate surface area is 150 Å². The first kappa shape index (κ1) is 19.4. The molecule has 0 fully saturated rings. The van der Waals surface area contributed by atoms with Gasteiger partial charge < -0.3 is 10.2 Å². The maximum Gasteiger partial charge on any atom is 0.328 e. The molecule has 0 aromatic heterocycles. The standard InChI is InChI=1S/C18H17NO6S/c20-17(21)11-8-13-6-9-15(10-7-13)26(24,25)19-16(18(22)23)12-14-4-2-1-3-5-14/h1-11,16,19H,12H2,(H,20,21)(H,22,23)/b11-8+/t16-/m0/s1. The van der Waals surface area contributed by atoms with E-state index in [0.29, 0.717) is 11.1 Å². The third-order valence-electron chi connectivity index (χ3n) is 3.49. The van der Waals surface area contributed by atoms with Crippen molar-refractivity contribution in [2.45, 2.75) is 17.4 Å². The number of sulfonamides is 1. The predicted molar refractivity (Wildman–Crippen MR) is 95.0 cm³/mol. The maximum absolute atomic E-state index is 12.4. The van der Waals surface area contributed by atoms with E-state index in [1.165, 1.54) is 30.3 Å². The molecule has 2 aromatic rings. The van der Waals surface area contributed by atoms with Gasteiger partial charge >= 0.3 is 11.9 Å². The van der Waals surface area contributed by atoms with Crippen molar-refractivity contribution >= 4 is 28.0 Å². The van der Waals surface area contributed by atoms with Gasteiger partial charge in [0.25, 0.3) is 0 Å². The number of aliphatic carboxylic acids is 2. The Kier molecular flexibility index (Phi) is 6.26. The van der Waals surface area contributed by atoms with Crippen molar-refractivity contribution in [3.05, 3.63) is 71.8 Å². The number of hydrogen-bond acceptors (Lipinski definition) is 4. The third-order valence-corrected chi connectivity index (χ3v) is 4.97. The first-order valence-electron chi connectivity index (χ1n) is 7.58. The lowest BCUT2D eigenvalue weighted by Gasteiger charge is -2.15. The molecule has 3 N–H and O–H groups in total. The van der Waals surface area contributed by atoms with Gasteiger partial charge in [0.1, 0.15) is 6.04 Å². The van der Waals surface area contributed by atoms with Gasteiger partial charge in [0, 0.05) is 6.08 Å². The average molecular weight is 375 g/mol. The van der Waals surface area contributed by atoms with Crippen molar-refractivity contribution in [2.24, 2.45) is 0 Å². The van der Waals surface area contributed by atoms with Gasteiger partial charge in [0.2, 0.25) is 10.0 Å². The minimum atomic E-state index is -4.04. The molecule has 0 saturated heterocycles. The second-order valence-electron chi connectivity index (χ2n) is 5.44. The van der Waals surface area contributed by atoms with Crippen LogP contribution in [-0.2, 0) is 26.0 Å². The summed E-state index contributed by atoms with van der Waals surface area (Å²) in [6, 6.07) is 12.8. The number of hydrogen-bond donors (Lipinski definition) is 3. The highest BCUT2D eigenvalue weighted by molar-refractivity contribution is 7.89. The molecule has 2 rings (SSSR count). The Morgan fingerprint density at radius 3 is 2.15 bits per heavy atom. The Hall–Kier alpha value is -2.97. The van der Waals surface area contributed by atoms with Crippen LogP contribution in [-0.4, -0.2) is 36.6 Å². The molecule has 2 aromatic carbocycles. The van der Waals surface area contributed by atoms with E-state index in [2.05, 4.69) is 4.72 Å². The van der Waals surface area contributed by atoms with Crippen molar-refractivity contribution in [1.82, 2.24) is 4.72 Å². The number of benzene rings is 2. The molecule has 0 aliphatic heterocycles. The zero-order valence-corrected chi connectivity index (χ0v) is 14.4. The van der Waals surface area contributed by atoms with E-state index >= 15 is 0 Å². The van der Waals surface area contributed by atoms with Crippen LogP contribution in [0.25, 0.3) is 6.08 Å². The number of nitrogens with one attached hydrogen (secondary N) is 1. The lowest BCUT2D eigenvalue weighted by atomic mass is 10.1. The molecule has 26 heavy (non-hydrogen) atoms. The highest BCUT2D eigenvalue weighted by Crippen LogP contribution is 2.13. The second kappa shape index (κ2) is 8.41. The molecule has 0 unspecified atom stereocenters. The minimum Gasteiger partial charge on any atom is -0.480 e. The first-order chi connectivity index (χ1) is 12.3. The summed E-state index contributed by atoms with van der Waals surface area (Å²) < 4.78 is 27.0. The van der Waals surface area contributed by atoms with E-state index in [1.54, 1.807) is 30.3 Å².